The number of nitrogens with zero attached hydrogens (tertiary/aromatic N) is 3. The first-order chi connectivity index (χ1) is 10.1. The Labute approximate surface area is 132 Å². The quantitative estimate of drug-likeness (QED) is 0.748. The van der Waals surface area contributed by atoms with Gasteiger partial charge in [0.1, 0.15) is 10.5 Å². The lowest BCUT2D eigenvalue weighted by Gasteiger charge is -2.06. The molecule has 106 valence electrons. The number of hydrogen-bond acceptors (Lipinski definition) is 3. The van der Waals surface area contributed by atoms with E-state index in [4.69, 9.17) is 23.8 Å². The Balaban J connectivity index is 1.99. The van der Waals surface area contributed by atoms with Gasteiger partial charge in [-0.1, -0.05) is 42.0 Å². The molecular formula is C15H13ClN4S. The van der Waals surface area contributed by atoms with E-state index in [0.717, 1.165) is 27.7 Å². The van der Waals surface area contributed by atoms with E-state index in [0.29, 0.717) is 11.1 Å². The third-order valence-corrected chi connectivity index (χ3v) is 3.70. The normalized spacial score (nSPS) is 10.8. The summed E-state index contributed by atoms with van der Waals surface area (Å²) in [5.41, 5.74) is 2.90. The maximum absolute atomic E-state index is 6.19. The molecule has 0 radical (unpaired) electrons. The molecule has 3 rings (SSSR count). The van der Waals surface area contributed by atoms with Crippen molar-refractivity contribution in [3.63, 3.8) is 0 Å². The molecule has 0 saturated carbocycles. The first-order valence-electron chi connectivity index (χ1n) is 6.44. The summed E-state index contributed by atoms with van der Waals surface area (Å²) < 4.78 is 2.30. The summed E-state index contributed by atoms with van der Waals surface area (Å²) in [5.74, 6) is 0.787. The molecule has 1 aromatic carbocycles. The maximum Gasteiger partial charge on any atom is 0.130 e. The predicted molar refractivity (Wildman–Crippen MR) is 85.9 cm³/mol. The van der Waals surface area contributed by atoms with E-state index in [-0.39, 0.29) is 0 Å². The molecule has 3 aromatic rings. The average molecular weight is 317 g/mol. The van der Waals surface area contributed by atoms with Gasteiger partial charge in [-0.2, -0.15) is 5.10 Å². The van der Waals surface area contributed by atoms with Gasteiger partial charge in [0.25, 0.3) is 0 Å². The van der Waals surface area contributed by atoms with E-state index < -0.39 is 0 Å². The van der Waals surface area contributed by atoms with Gasteiger partial charge in [0.05, 0.1) is 11.9 Å². The predicted octanol–water partition coefficient (Wildman–Crippen LogP) is 3.78. The summed E-state index contributed by atoms with van der Waals surface area (Å²) in [7, 11) is 1.88. The Kier molecular flexibility index (Phi) is 3.86. The molecule has 0 atom stereocenters. The van der Waals surface area contributed by atoms with Crippen molar-refractivity contribution < 1.29 is 0 Å². The molecular weight excluding hydrogens is 304 g/mol. The minimum Gasteiger partial charge on any atom is -0.343 e. The van der Waals surface area contributed by atoms with Crippen molar-refractivity contribution in [3.8, 4) is 11.3 Å². The number of H-pyrrole nitrogens is 1. The highest BCUT2D eigenvalue weighted by Crippen LogP contribution is 2.20. The van der Waals surface area contributed by atoms with Gasteiger partial charge >= 0.3 is 0 Å². The van der Waals surface area contributed by atoms with Crippen LogP contribution >= 0.6 is 23.8 Å². The van der Waals surface area contributed by atoms with Crippen LogP contribution in [0.15, 0.2) is 42.7 Å². The van der Waals surface area contributed by atoms with Crippen molar-refractivity contribution in [2.75, 3.05) is 0 Å². The number of halogens is 1. The summed E-state index contributed by atoms with van der Waals surface area (Å²) in [6.45, 7) is 0. The lowest BCUT2D eigenvalue weighted by Crippen LogP contribution is -1.99. The highest BCUT2D eigenvalue weighted by atomic mass is 35.5. The summed E-state index contributed by atoms with van der Waals surface area (Å²) in [6.07, 6.45) is 4.33. The van der Waals surface area contributed by atoms with Crippen LogP contribution < -0.4 is 0 Å². The number of aryl methyl sites for hydroxylation is 1. The van der Waals surface area contributed by atoms with Gasteiger partial charge < -0.3 is 4.98 Å². The minimum atomic E-state index is 0.551. The van der Waals surface area contributed by atoms with Gasteiger partial charge in [-0.25, -0.2) is 4.98 Å². The summed E-state index contributed by atoms with van der Waals surface area (Å²) in [6, 6.07) is 9.56. The van der Waals surface area contributed by atoms with Crippen LogP contribution in [-0.2, 0) is 13.5 Å². The van der Waals surface area contributed by atoms with Crippen molar-refractivity contribution in [1.82, 2.24) is 19.7 Å². The summed E-state index contributed by atoms with van der Waals surface area (Å²) in [4.78, 5) is 7.68. The molecule has 0 aliphatic heterocycles. The van der Waals surface area contributed by atoms with Gasteiger partial charge in [0, 0.05) is 30.3 Å². The molecule has 0 spiro atoms. The number of benzene rings is 1. The second kappa shape index (κ2) is 5.79. The van der Waals surface area contributed by atoms with E-state index in [9.17, 15) is 0 Å². The molecule has 0 saturated heterocycles. The molecule has 2 aromatic heterocycles. The van der Waals surface area contributed by atoms with Gasteiger partial charge in [0.15, 0.2) is 0 Å². The van der Waals surface area contributed by atoms with Crippen LogP contribution in [0.3, 0.4) is 0 Å². The molecule has 0 bridgehead atoms. The Bertz CT molecular complexity index is 837. The molecule has 21 heavy (non-hydrogen) atoms. The minimum absolute atomic E-state index is 0.551. The average Bonchev–Trinajstić information content (AvgIpc) is 2.88. The Morgan fingerprint density at radius 3 is 2.86 bits per heavy atom. The molecule has 4 nitrogen and oxygen atoms in total. The fourth-order valence-electron chi connectivity index (χ4n) is 2.13. The van der Waals surface area contributed by atoms with Crippen molar-refractivity contribution in [2.45, 2.75) is 6.42 Å². The SMILES string of the molecule is Cn1cc(-c2cc(=S)nc(Cc3ccccc3Cl)[nH]2)cn1. The van der Waals surface area contributed by atoms with E-state index in [1.807, 2.05) is 43.6 Å². The van der Waals surface area contributed by atoms with E-state index >= 15 is 0 Å². The number of nitrogens with one attached hydrogen (secondary N) is 1. The third-order valence-electron chi connectivity index (χ3n) is 3.12. The smallest absolute Gasteiger partial charge is 0.130 e. The van der Waals surface area contributed by atoms with Crippen molar-refractivity contribution >= 4 is 23.8 Å². The zero-order valence-corrected chi connectivity index (χ0v) is 12.9. The van der Waals surface area contributed by atoms with Crippen molar-refractivity contribution in [1.29, 1.82) is 0 Å². The van der Waals surface area contributed by atoms with Crippen LogP contribution in [0.2, 0.25) is 5.02 Å². The lowest BCUT2D eigenvalue weighted by molar-refractivity contribution is 0.768. The third kappa shape index (κ3) is 3.20. The number of rotatable bonds is 3. The van der Waals surface area contributed by atoms with Crippen LogP contribution in [-0.4, -0.2) is 19.7 Å². The molecule has 0 fully saturated rings. The number of aromatic amines is 1. The monoisotopic (exact) mass is 316 g/mol. The van der Waals surface area contributed by atoms with Gasteiger partial charge in [-0.3, -0.25) is 4.68 Å². The lowest BCUT2D eigenvalue weighted by atomic mass is 10.1. The number of hydrogen-bond donors (Lipinski definition) is 1. The van der Waals surface area contributed by atoms with Crippen LogP contribution in [0.4, 0.5) is 0 Å². The van der Waals surface area contributed by atoms with Gasteiger partial charge in [-0.15, -0.1) is 0 Å². The Hall–Kier alpha value is -1.98. The Morgan fingerprint density at radius 2 is 2.14 bits per heavy atom. The van der Waals surface area contributed by atoms with Crippen LogP contribution in [0, 0.1) is 4.64 Å². The molecule has 1 N–H and O–H groups in total. The molecule has 0 aliphatic rings. The number of aromatic nitrogens is 4. The van der Waals surface area contributed by atoms with E-state index in [1.54, 1.807) is 10.9 Å². The van der Waals surface area contributed by atoms with Gasteiger partial charge in [0.2, 0.25) is 0 Å². The topological polar surface area (TPSA) is 46.5 Å². The first-order valence-corrected chi connectivity index (χ1v) is 7.23. The zero-order valence-electron chi connectivity index (χ0n) is 11.4. The summed E-state index contributed by atoms with van der Waals surface area (Å²) in [5, 5.41) is 4.90. The second-order valence-electron chi connectivity index (χ2n) is 4.75. The highest BCUT2D eigenvalue weighted by Gasteiger charge is 2.06. The standard InChI is InChI=1S/C15H13ClN4S/c1-20-9-11(8-17-20)13-7-15(21)19-14(18-13)6-10-4-2-3-5-12(10)16/h2-5,7-9H,6H2,1H3,(H,18,19,21). The van der Waals surface area contributed by atoms with Crippen LogP contribution in [0.25, 0.3) is 11.3 Å². The first kappa shape index (κ1) is 14.0. The molecule has 0 amide bonds. The Morgan fingerprint density at radius 1 is 1.33 bits per heavy atom. The van der Waals surface area contributed by atoms with Crippen LogP contribution in [0.1, 0.15) is 11.4 Å². The van der Waals surface area contributed by atoms with E-state index in [1.165, 1.54) is 0 Å². The molecule has 6 heteroatoms. The maximum atomic E-state index is 6.19. The second-order valence-corrected chi connectivity index (χ2v) is 5.58. The molecule has 0 unspecified atom stereocenters. The largest absolute Gasteiger partial charge is 0.343 e. The highest BCUT2D eigenvalue weighted by molar-refractivity contribution is 7.71. The van der Waals surface area contributed by atoms with Crippen LogP contribution in [0.5, 0.6) is 0 Å². The fraction of sp³-hybridized carbons (Fsp3) is 0.133. The molecule has 2 heterocycles. The zero-order chi connectivity index (χ0) is 14.8. The van der Waals surface area contributed by atoms with Crippen molar-refractivity contribution in [2.24, 2.45) is 7.05 Å². The molecule has 0 aliphatic carbocycles. The summed E-state index contributed by atoms with van der Waals surface area (Å²) >= 11 is 11.4. The van der Waals surface area contributed by atoms with Crippen molar-refractivity contribution in [3.05, 3.63) is 63.8 Å². The fourth-order valence-corrected chi connectivity index (χ4v) is 2.56. The van der Waals surface area contributed by atoms with Gasteiger partial charge in [-0.05, 0) is 17.7 Å². The van der Waals surface area contributed by atoms with E-state index in [2.05, 4.69) is 15.1 Å².